The van der Waals surface area contributed by atoms with Gasteiger partial charge in [0.25, 0.3) is 0 Å². The van der Waals surface area contributed by atoms with E-state index < -0.39 is 0 Å². The van der Waals surface area contributed by atoms with Crippen LogP contribution in [0, 0.1) is 18.8 Å². The fraction of sp³-hybridized carbons (Fsp3) is 0.714. The maximum atomic E-state index is 5.70. The number of hydrogen-bond donors (Lipinski definition) is 2. The van der Waals surface area contributed by atoms with Crippen molar-refractivity contribution >= 4 is 0 Å². The highest BCUT2D eigenvalue weighted by Crippen LogP contribution is 2.37. The predicted molar refractivity (Wildman–Crippen MR) is 69.2 cm³/mol. The molecule has 1 aliphatic rings. The minimum atomic E-state index is 0.182. The smallest absolute Gasteiger partial charge is 0.122 e. The van der Waals surface area contributed by atoms with E-state index in [1.165, 1.54) is 32.1 Å². The number of nitrogens with one attached hydrogen (secondary N) is 1. The van der Waals surface area contributed by atoms with Gasteiger partial charge in [0.15, 0.2) is 0 Å². The van der Waals surface area contributed by atoms with Gasteiger partial charge in [0.2, 0.25) is 0 Å². The van der Waals surface area contributed by atoms with Crippen molar-refractivity contribution < 1.29 is 4.42 Å². The zero-order valence-corrected chi connectivity index (χ0v) is 10.9. The molecule has 3 N–H and O–H groups in total. The van der Waals surface area contributed by atoms with Crippen LogP contribution >= 0.6 is 0 Å². The molecule has 0 amide bonds. The molecule has 0 bridgehead atoms. The molecule has 0 aromatic carbocycles. The van der Waals surface area contributed by atoms with Crippen molar-refractivity contribution in [2.24, 2.45) is 17.7 Å². The summed E-state index contributed by atoms with van der Waals surface area (Å²) in [6.45, 7) is 4.27. The van der Waals surface area contributed by atoms with Gasteiger partial charge >= 0.3 is 0 Å². The average molecular weight is 236 g/mol. The second-order valence-electron chi connectivity index (χ2n) is 5.28. The molecule has 1 aromatic heterocycles. The fourth-order valence-electron chi connectivity index (χ4n) is 3.00. The van der Waals surface area contributed by atoms with Crippen LogP contribution in [0.3, 0.4) is 0 Å². The highest BCUT2D eigenvalue weighted by Gasteiger charge is 2.29. The van der Waals surface area contributed by atoms with E-state index in [4.69, 9.17) is 10.3 Å². The molecule has 1 aromatic rings. The Hall–Kier alpha value is -0.800. The molecule has 0 saturated heterocycles. The number of aryl methyl sites for hydroxylation is 1. The van der Waals surface area contributed by atoms with E-state index in [0.29, 0.717) is 5.92 Å². The summed E-state index contributed by atoms with van der Waals surface area (Å²) in [6.07, 6.45) is 6.49. The van der Waals surface area contributed by atoms with E-state index in [1.807, 2.05) is 19.1 Å². The normalized spacial score (nSPS) is 27.0. The highest BCUT2D eigenvalue weighted by molar-refractivity contribution is 5.10. The molecule has 3 nitrogen and oxygen atoms in total. The Bertz CT molecular complexity index is 340. The summed E-state index contributed by atoms with van der Waals surface area (Å²) >= 11 is 0. The lowest BCUT2D eigenvalue weighted by molar-refractivity contribution is 0.202. The molecule has 3 heteroatoms. The Balaban J connectivity index is 2.00. The van der Waals surface area contributed by atoms with Crippen LogP contribution in [0.5, 0.6) is 0 Å². The molecule has 1 aliphatic carbocycles. The summed E-state index contributed by atoms with van der Waals surface area (Å²) in [5.74, 6) is 9.19. The molecule has 96 valence electrons. The van der Waals surface area contributed by atoms with Crippen molar-refractivity contribution in [3.8, 4) is 0 Å². The van der Waals surface area contributed by atoms with Gasteiger partial charge in [-0.15, -0.1) is 0 Å². The van der Waals surface area contributed by atoms with E-state index in [1.54, 1.807) is 0 Å². The van der Waals surface area contributed by atoms with Crippen molar-refractivity contribution in [1.82, 2.24) is 5.43 Å². The molecule has 1 heterocycles. The van der Waals surface area contributed by atoms with Gasteiger partial charge in [0.05, 0.1) is 6.04 Å². The lowest BCUT2D eigenvalue weighted by Crippen LogP contribution is -2.35. The first-order chi connectivity index (χ1) is 8.24. The summed E-state index contributed by atoms with van der Waals surface area (Å²) in [5, 5.41) is 0. The first-order valence-corrected chi connectivity index (χ1v) is 6.77. The molecule has 2 rings (SSSR count). The number of rotatable bonds is 4. The lowest BCUT2D eigenvalue weighted by atomic mass is 9.77. The molecule has 1 saturated carbocycles. The van der Waals surface area contributed by atoms with Crippen LogP contribution in [0.25, 0.3) is 0 Å². The molecule has 17 heavy (non-hydrogen) atoms. The molecule has 0 aliphatic heterocycles. The molecule has 1 atom stereocenters. The van der Waals surface area contributed by atoms with Crippen molar-refractivity contribution in [3.05, 3.63) is 23.7 Å². The van der Waals surface area contributed by atoms with E-state index in [2.05, 4.69) is 12.3 Å². The molecule has 0 spiro atoms. The third-order valence-electron chi connectivity index (χ3n) is 4.19. The lowest BCUT2D eigenvalue weighted by Gasteiger charge is -2.32. The van der Waals surface area contributed by atoms with Crippen LogP contribution in [0.2, 0.25) is 0 Å². The predicted octanol–water partition coefficient (Wildman–Crippen LogP) is 3.31. The van der Waals surface area contributed by atoms with Gasteiger partial charge in [-0.3, -0.25) is 5.84 Å². The Morgan fingerprint density at radius 1 is 1.35 bits per heavy atom. The Kier molecular flexibility index (Phi) is 4.24. The van der Waals surface area contributed by atoms with Gasteiger partial charge in [0, 0.05) is 0 Å². The van der Waals surface area contributed by atoms with Crippen LogP contribution in [0.15, 0.2) is 16.5 Å². The van der Waals surface area contributed by atoms with Crippen LogP contribution in [-0.4, -0.2) is 0 Å². The van der Waals surface area contributed by atoms with E-state index >= 15 is 0 Å². The summed E-state index contributed by atoms with van der Waals surface area (Å²) in [7, 11) is 0. The summed E-state index contributed by atoms with van der Waals surface area (Å²) in [5.41, 5.74) is 2.94. The maximum absolute atomic E-state index is 5.70. The number of hydrogen-bond acceptors (Lipinski definition) is 3. The Morgan fingerprint density at radius 3 is 2.53 bits per heavy atom. The van der Waals surface area contributed by atoms with Crippen LogP contribution in [-0.2, 0) is 0 Å². The van der Waals surface area contributed by atoms with Gasteiger partial charge < -0.3 is 4.42 Å². The molecule has 1 unspecified atom stereocenters. The SMILES string of the molecule is CCC1CCC(C(NN)c2ccc(C)o2)CC1. The third-order valence-corrected chi connectivity index (χ3v) is 4.19. The van der Waals surface area contributed by atoms with Crippen molar-refractivity contribution in [1.29, 1.82) is 0 Å². The highest BCUT2D eigenvalue weighted by atomic mass is 16.3. The van der Waals surface area contributed by atoms with Crippen LogP contribution in [0.1, 0.15) is 56.6 Å². The van der Waals surface area contributed by atoms with Crippen molar-refractivity contribution in [3.63, 3.8) is 0 Å². The minimum absolute atomic E-state index is 0.182. The van der Waals surface area contributed by atoms with Gasteiger partial charge in [-0.05, 0) is 43.7 Å². The monoisotopic (exact) mass is 236 g/mol. The molecular formula is C14H24N2O. The number of furan rings is 1. The van der Waals surface area contributed by atoms with Crippen molar-refractivity contribution in [2.45, 2.75) is 52.0 Å². The molecular weight excluding hydrogens is 212 g/mol. The standard InChI is InChI=1S/C14H24N2O/c1-3-11-5-7-12(8-6-11)14(16-15)13-9-4-10(2)17-13/h4,9,11-12,14,16H,3,5-8,15H2,1-2H3. The second-order valence-corrected chi connectivity index (χ2v) is 5.28. The first-order valence-electron chi connectivity index (χ1n) is 6.77. The quantitative estimate of drug-likeness (QED) is 0.623. The van der Waals surface area contributed by atoms with E-state index in [9.17, 15) is 0 Å². The summed E-state index contributed by atoms with van der Waals surface area (Å²) in [4.78, 5) is 0. The number of nitrogens with two attached hydrogens (primary N) is 1. The molecule has 0 radical (unpaired) electrons. The number of hydrazine groups is 1. The first kappa shape index (κ1) is 12.7. The van der Waals surface area contributed by atoms with Gasteiger partial charge in [-0.25, -0.2) is 5.43 Å². The van der Waals surface area contributed by atoms with E-state index in [-0.39, 0.29) is 6.04 Å². The summed E-state index contributed by atoms with van der Waals surface area (Å²) in [6, 6.07) is 4.24. The Morgan fingerprint density at radius 2 is 2.06 bits per heavy atom. The zero-order valence-electron chi connectivity index (χ0n) is 10.9. The largest absolute Gasteiger partial charge is 0.465 e. The van der Waals surface area contributed by atoms with Crippen LogP contribution in [0.4, 0.5) is 0 Å². The third kappa shape index (κ3) is 2.90. The maximum Gasteiger partial charge on any atom is 0.122 e. The van der Waals surface area contributed by atoms with E-state index in [0.717, 1.165) is 17.4 Å². The Labute approximate surface area is 104 Å². The topological polar surface area (TPSA) is 51.2 Å². The van der Waals surface area contributed by atoms with Crippen molar-refractivity contribution in [2.75, 3.05) is 0 Å². The average Bonchev–Trinajstić information content (AvgIpc) is 2.78. The second kappa shape index (κ2) is 5.69. The fourth-order valence-corrected chi connectivity index (χ4v) is 3.00. The van der Waals surface area contributed by atoms with Crippen LogP contribution < -0.4 is 11.3 Å². The molecule has 1 fully saturated rings. The zero-order chi connectivity index (χ0) is 12.3. The summed E-state index contributed by atoms with van der Waals surface area (Å²) < 4.78 is 5.70. The minimum Gasteiger partial charge on any atom is -0.465 e. The van der Waals surface area contributed by atoms with Gasteiger partial charge in [-0.2, -0.15) is 0 Å². The van der Waals surface area contributed by atoms with Gasteiger partial charge in [-0.1, -0.05) is 26.2 Å². The van der Waals surface area contributed by atoms with Gasteiger partial charge in [0.1, 0.15) is 11.5 Å².